The Morgan fingerprint density at radius 3 is 2.32 bits per heavy atom. The lowest BCUT2D eigenvalue weighted by Crippen LogP contribution is -2.48. The second-order valence-electron chi connectivity index (χ2n) is 10.5. The summed E-state index contributed by atoms with van der Waals surface area (Å²) in [6.45, 7) is 6.50. The molecule has 194 valence electrons. The molecule has 0 saturated carbocycles. The molecule has 2 amide bonds. The van der Waals surface area contributed by atoms with Gasteiger partial charge in [-0.2, -0.15) is 0 Å². The number of esters is 1. The number of nitrogen functional groups attached to an aromatic ring is 1. The number of rotatable bonds is 6. The zero-order valence-electron chi connectivity index (χ0n) is 21.5. The molecule has 2 aromatic rings. The number of carbonyl (C=O) groups is 4. The molecule has 4 N–H and O–H groups in total. The highest BCUT2D eigenvalue weighted by molar-refractivity contribution is 6.23. The number of anilines is 2. The van der Waals surface area contributed by atoms with Gasteiger partial charge in [0.1, 0.15) is 12.1 Å². The van der Waals surface area contributed by atoms with E-state index in [9.17, 15) is 19.2 Å². The topological polar surface area (TPSA) is 136 Å². The van der Waals surface area contributed by atoms with E-state index in [-0.39, 0.29) is 37.5 Å². The van der Waals surface area contributed by atoms with E-state index in [1.165, 1.54) is 16.7 Å². The number of carbonyl (C=O) groups excluding carboxylic acids is 4. The molecule has 0 bridgehead atoms. The molecule has 9 heteroatoms. The van der Waals surface area contributed by atoms with E-state index in [1.807, 2.05) is 18.2 Å². The number of hydrogen-bond donors (Lipinski definition) is 2. The smallest absolute Gasteiger partial charge is 0.326 e. The lowest BCUT2D eigenvalue weighted by molar-refractivity contribution is -0.154. The van der Waals surface area contributed by atoms with Gasteiger partial charge in [0.25, 0.3) is 0 Å². The van der Waals surface area contributed by atoms with E-state index in [0.29, 0.717) is 28.1 Å². The molecule has 4 rings (SSSR count). The first-order valence-corrected chi connectivity index (χ1v) is 12.1. The van der Waals surface area contributed by atoms with Gasteiger partial charge in [0.2, 0.25) is 11.8 Å². The van der Waals surface area contributed by atoms with E-state index < -0.39 is 28.8 Å². The van der Waals surface area contributed by atoms with E-state index in [2.05, 4.69) is 0 Å². The van der Waals surface area contributed by atoms with Crippen molar-refractivity contribution in [2.75, 3.05) is 30.3 Å². The van der Waals surface area contributed by atoms with Gasteiger partial charge in [-0.15, -0.1) is 0 Å². The summed E-state index contributed by atoms with van der Waals surface area (Å²) < 4.78 is 5.42. The molecule has 2 aliphatic rings. The molecule has 1 atom stereocenters. The fourth-order valence-corrected chi connectivity index (χ4v) is 4.99. The monoisotopic (exact) mass is 504 g/mol. The van der Waals surface area contributed by atoms with Crippen LogP contribution in [-0.2, 0) is 29.3 Å². The van der Waals surface area contributed by atoms with Gasteiger partial charge in [0.05, 0.1) is 6.54 Å². The van der Waals surface area contributed by atoms with Crippen LogP contribution in [0.3, 0.4) is 0 Å². The number of amides is 2. The Morgan fingerprint density at radius 1 is 1.03 bits per heavy atom. The zero-order chi connectivity index (χ0) is 27.1. The Hall–Kier alpha value is -4.14. The van der Waals surface area contributed by atoms with E-state index in [0.717, 1.165) is 0 Å². The van der Waals surface area contributed by atoms with E-state index >= 15 is 0 Å². The third-order valence-electron chi connectivity index (χ3n) is 6.68. The van der Waals surface area contributed by atoms with Crippen LogP contribution < -0.4 is 16.4 Å². The first kappa shape index (κ1) is 25.9. The minimum atomic E-state index is -1.53. The molecule has 2 aromatic carbocycles. The van der Waals surface area contributed by atoms with Crippen LogP contribution >= 0.6 is 0 Å². The van der Waals surface area contributed by atoms with Gasteiger partial charge in [0, 0.05) is 34.8 Å². The second-order valence-corrected chi connectivity index (χ2v) is 10.5. The Kier molecular flexibility index (Phi) is 6.58. The molecule has 37 heavy (non-hydrogen) atoms. The average Bonchev–Trinajstić information content (AvgIpc) is 3.26. The SMILES string of the molecule is CC(=O)C(CN1CCC2(C1=O)C(=O)N(CC(=O)OC(C)(C)C)c1ccc(N)cc12)=C(N)c1ccccc1. The van der Waals surface area contributed by atoms with Gasteiger partial charge in [-0.25, -0.2) is 0 Å². The minimum Gasteiger partial charge on any atom is -0.459 e. The highest BCUT2D eigenvalue weighted by Crippen LogP contribution is 2.49. The molecule has 0 aliphatic carbocycles. The fourth-order valence-electron chi connectivity index (χ4n) is 4.99. The summed E-state index contributed by atoms with van der Waals surface area (Å²) in [7, 11) is 0. The summed E-state index contributed by atoms with van der Waals surface area (Å²) in [6.07, 6.45) is 0.183. The standard InChI is InChI=1S/C28H32N4O5/c1-17(33)20(24(30)18-8-6-5-7-9-18)15-31-13-12-28(25(31)35)21-14-19(29)10-11-22(21)32(26(28)36)16-23(34)37-27(2,3)4/h5-11,14H,12-13,15-16,29-30H2,1-4H3. The predicted molar refractivity (Wildman–Crippen MR) is 140 cm³/mol. The lowest BCUT2D eigenvalue weighted by Gasteiger charge is -2.25. The van der Waals surface area contributed by atoms with Gasteiger partial charge in [-0.3, -0.25) is 24.1 Å². The molecule has 1 saturated heterocycles. The van der Waals surface area contributed by atoms with Crippen molar-refractivity contribution >= 4 is 40.6 Å². The van der Waals surface area contributed by atoms with Crippen molar-refractivity contribution < 1.29 is 23.9 Å². The number of ketones is 1. The van der Waals surface area contributed by atoms with Gasteiger partial charge in [-0.1, -0.05) is 30.3 Å². The van der Waals surface area contributed by atoms with Gasteiger partial charge in [-0.05, 0) is 57.9 Å². The largest absolute Gasteiger partial charge is 0.459 e. The maximum Gasteiger partial charge on any atom is 0.326 e. The molecule has 0 radical (unpaired) electrons. The quantitative estimate of drug-likeness (QED) is 0.267. The number of Topliss-reactive ketones (excluding diaryl/α,β-unsaturated/α-hetero) is 1. The van der Waals surface area contributed by atoms with E-state index in [1.54, 1.807) is 51.1 Å². The molecule has 1 unspecified atom stereocenters. The average molecular weight is 505 g/mol. The Morgan fingerprint density at radius 2 is 1.70 bits per heavy atom. The van der Waals surface area contributed by atoms with E-state index in [4.69, 9.17) is 16.2 Å². The van der Waals surface area contributed by atoms with Crippen LogP contribution in [0.5, 0.6) is 0 Å². The molecule has 2 aliphatic heterocycles. The molecule has 1 spiro atoms. The number of likely N-dealkylation sites (tertiary alicyclic amines) is 1. The Labute approximate surface area is 216 Å². The number of nitrogens with zero attached hydrogens (tertiary/aromatic N) is 2. The highest BCUT2D eigenvalue weighted by Gasteiger charge is 2.61. The van der Waals surface area contributed by atoms with Gasteiger partial charge < -0.3 is 21.1 Å². The van der Waals surface area contributed by atoms with Crippen LogP contribution in [0.15, 0.2) is 54.1 Å². The van der Waals surface area contributed by atoms with Crippen molar-refractivity contribution in [3.63, 3.8) is 0 Å². The zero-order valence-corrected chi connectivity index (χ0v) is 21.5. The van der Waals surface area contributed by atoms with Gasteiger partial charge in [0.15, 0.2) is 11.2 Å². The summed E-state index contributed by atoms with van der Waals surface area (Å²) in [5, 5.41) is 0. The van der Waals surface area contributed by atoms with Crippen molar-refractivity contribution in [1.29, 1.82) is 0 Å². The summed E-state index contributed by atoms with van der Waals surface area (Å²) in [5.41, 5.74) is 12.7. The number of benzene rings is 2. The van der Waals surface area contributed by atoms with Crippen molar-refractivity contribution in [2.45, 2.75) is 45.1 Å². The second kappa shape index (κ2) is 9.38. The Bertz CT molecular complexity index is 1310. The summed E-state index contributed by atoms with van der Waals surface area (Å²) in [6, 6.07) is 13.9. The summed E-state index contributed by atoms with van der Waals surface area (Å²) in [5.74, 6) is -1.80. The van der Waals surface area contributed by atoms with Crippen molar-refractivity contribution in [2.24, 2.45) is 5.73 Å². The third kappa shape index (κ3) is 4.69. The number of ether oxygens (including phenoxy) is 1. The third-order valence-corrected chi connectivity index (χ3v) is 6.68. The first-order valence-electron chi connectivity index (χ1n) is 12.1. The molecular weight excluding hydrogens is 472 g/mol. The number of hydrogen-bond acceptors (Lipinski definition) is 7. The maximum atomic E-state index is 13.9. The van der Waals surface area contributed by atoms with Crippen molar-refractivity contribution in [1.82, 2.24) is 4.90 Å². The normalized spacial score (nSPS) is 19.8. The van der Waals surface area contributed by atoms with Crippen molar-refractivity contribution in [3.05, 3.63) is 65.2 Å². The summed E-state index contributed by atoms with van der Waals surface area (Å²) >= 11 is 0. The molecule has 1 fully saturated rings. The maximum absolute atomic E-state index is 13.9. The van der Waals surface area contributed by atoms with Crippen LogP contribution in [0.2, 0.25) is 0 Å². The van der Waals surface area contributed by atoms with Gasteiger partial charge >= 0.3 is 5.97 Å². The lowest BCUT2D eigenvalue weighted by atomic mass is 9.80. The van der Waals surface area contributed by atoms with Crippen molar-refractivity contribution in [3.8, 4) is 0 Å². The summed E-state index contributed by atoms with van der Waals surface area (Å²) in [4.78, 5) is 55.7. The van der Waals surface area contributed by atoms with Crippen LogP contribution in [0.25, 0.3) is 5.70 Å². The number of fused-ring (bicyclic) bond motifs is 2. The number of nitrogens with two attached hydrogens (primary N) is 2. The highest BCUT2D eigenvalue weighted by atomic mass is 16.6. The van der Waals surface area contributed by atoms with Crippen LogP contribution in [0.4, 0.5) is 11.4 Å². The first-order chi connectivity index (χ1) is 17.3. The predicted octanol–water partition coefficient (Wildman–Crippen LogP) is 2.39. The molecule has 0 aromatic heterocycles. The fraction of sp³-hybridized carbons (Fsp3) is 0.357. The molecule has 2 heterocycles. The minimum absolute atomic E-state index is 0.0341. The van der Waals surface area contributed by atoms with Crippen LogP contribution in [-0.4, -0.2) is 53.7 Å². The molecular formula is C28H32N4O5. The molecule has 9 nitrogen and oxygen atoms in total. The van der Waals surface area contributed by atoms with Crippen LogP contribution in [0, 0.1) is 0 Å². The van der Waals surface area contributed by atoms with Crippen LogP contribution in [0.1, 0.15) is 45.2 Å². The Balaban J connectivity index is 1.69.